The van der Waals surface area contributed by atoms with Crippen molar-refractivity contribution in [1.82, 2.24) is 4.98 Å². The predicted molar refractivity (Wildman–Crippen MR) is 56.6 cm³/mol. The van der Waals surface area contributed by atoms with Gasteiger partial charge in [0, 0.05) is 6.20 Å². The van der Waals surface area contributed by atoms with E-state index in [1.54, 1.807) is 6.20 Å². The Morgan fingerprint density at radius 2 is 2.23 bits per heavy atom. The summed E-state index contributed by atoms with van der Waals surface area (Å²) in [4.78, 5) is 3.99. The third kappa shape index (κ3) is 2.72. The van der Waals surface area contributed by atoms with Gasteiger partial charge in [-0.1, -0.05) is 20.3 Å². The van der Waals surface area contributed by atoms with Crippen LogP contribution in [-0.4, -0.2) is 4.98 Å². The van der Waals surface area contributed by atoms with Crippen molar-refractivity contribution in [3.8, 4) is 0 Å². The van der Waals surface area contributed by atoms with Gasteiger partial charge in [0.05, 0.1) is 0 Å². The van der Waals surface area contributed by atoms with Gasteiger partial charge < -0.3 is 5.73 Å². The Kier molecular flexibility index (Phi) is 3.74. The van der Waals surface area contributed by atoms with Crippen LogP contribution in [0.5, 0.6) is 0 Å². The van der Waals surface area contributed by atoms with Gasteiger partial charge in [0.1, 0.15) is 5.82 Å². The fraction of sp³-hybridized carbons (Fsp3) is 0.545. The molecule has 1 unspecified atom stereocenters. The fourth-order valence-electron chi connectivity index (χ4n) is 1.67. The summed E-state index contributed by atoms with van der Waals surface area (Å²) >= 11 is 0. The zero-order valence-electron chi connectivity index (χ0n) is 8.46. The van der Waals surface area contributed by atoms with Crippen LogP contribution in [0.1, 0.15) is 44.6 Å². The summed E-state index contributed by atoms with van der Waals surface area (Å²) < 4.78 is 0. The van der Waals surface area contributed by atoms with E-state index < -0.39 is 0 Å². The first-order chi connectivity index (χ1) is 6.27. The molecule has 1 aromatic heterocycles. The van der Waals surface area contributed by atoms with Gasteiger partial charge >= 0.3 is 0 Å². The van der Waals surface area contributed by atoms with Crippen LogP contribution in [-0.2, 0) is 0 Å². The van der Waals surface area contributed by atoms with Gasteiger partial charge in [0.25, 0.3) is 0 Å². The number of nitrogen functional groups attached to an aromatic ring is 1. The van der Waals surface area contributed by atoms with Crippen molar-refractivity contribution in [2.45, 2.75) is 39.0 Å². The van der Waals surface area contributed by atoms with Crippen molar-refractivity contribution < 1.29 is 0 Å². The Morgan fingerprint density at radius 3 is 2.77 bits per heavy atom. The molecule has 0 saturated heterocycles. The number of pyridine rings is 1. The zero-order chi connectivity index (χ0) is 9.68. The standard InChI is InChI=1S/C11H18N2/c1-3-5-9(4-2)10-6-7-13-11(12)8-10/h6-9H,3-5H2,1-2H3,(H2,12,13). The molecule has 72 valence electrons. The van der Waals surface area contributed by atoms with Crippen LogP contribution in [0, 0.1) is 0 Å². The lowest BCUT2D eigenvalue weighted by molar-refractivity contribution is 0.595. The number of aromatic nitrogens is 1. The highest BCUT2D eigenvalue weighted by atomic mass is 14.8. The highest BCUT2D eigenvalue weighted by Crippen LogP contribution is 2.24. The van der Waals surface area contributed by atoms with Crippen LogP contribution in [0.2, 0.25) is 0 Å². The minimum atomic E-state index is 0.632. The lowest BCUT2D eigenvalue weighted by Crippen LogP contribution is -1.99. The van der Waals surface area contributed by atoms with Gasteiger partial charge in [-0.25, -0.2) is 4.98 Å². The monoisotopic (exact) mass is 178 g/mol. The van der Waals surface area contributed by atoms with E-state index in [0.717, 1.165) is 0 Å². The van der Waals surface area contributed by atoms with Crippen molar-refractivity contribution in [3.05, 3.63) is 23.9 Å². The summed E-state index contributed by atoms with van der Waals surface area (Å²) in [5.41, 5.74) is 6.97. The van der Waals surface area contributed by atoms with Crippen molar-refractivity contribution in [3.63, 3.8) is 0 Å². The van der Waals surface area contributed by atoms with Crippen LogP contribution >= 0.6 is 0 Å². The fourth-order valence-corrected chi connectivity index (χ4v) is 1.67. The molecule has 2 heteroatoms. The third-order valence-corrected chi connectivity index (χ3v) is 2.41. The average Bonchev–Trinajstić information content (AvgIpc) is 2.14. The minimum Gasteiger partial charge on any atom is -0.384 e. The molecule has 2 nitrogen and oxygen atoms in total. The van der Waals surface area contributed by atoms with E-state index in [4.69, 9.17) is 5.73 Å². The molecule has 0 radical (unpaired) electrons. The first-order valence-electron chi connectivity index (χ1n) is 4.99. The molecule has 1 rings (SSSR count). The predicted octanol–water partition coefficient (Wildman–Crippen LogP) is 2.96. The summed E-state index contributed by atoms with van der Waals surface area (Å²) in [6, 6.07) is 4.06. The maximum atomic E-state index is 5.64. The van der Waals surface area contributed by atoms with Crippen LogP contribution in [0.15, 0.2) is 18.3 Å². The normalized spacial score (nSPS) is 12.8. The van der Waals surface area contributed by atoms with Crippen LogP contribution in [0.3, 0.4) is 0 Å². The first kappa shape index (κ1) is 10.0. The molecule has 0 aliphatic heterocycles. The average molecular weight is 178 g/mol. The Bertz CT molecular complexity index is 258. The molecule has 0 aliphatic carbocycles. The second kappa shape index (κ2) is 4.85. The minimum absolute atomic E-state index is 0.632. The molecular weight excluding hydrogens is 160 g/mol. The molecule has 0 saturated carbocycles. The summed E-state index contributed by atoms with van der Waals surface area (Å²) in [5, 5.41) is 0. The second-order valence-corrected chi connectivity index (χ2v) is 3.41. The molecule has 2 N–H and O–H groups in total. The topological polar surface area (TPSA) is 38.9 Å². The van der Waals surface area contributed by atoms with E-state index in [1.807, 2.05) is 6.07 Å². The van der Waals surface area contributed by atoms with Gasteiger partial charge in [0.15, 0.2) is 0 Å². The molecule has 0 bridgehead atoms. The van der Waals surface area contributed by atoms with Crippen molar-refractivity contribution in [1.29, 1.82) is 0 Å². The molecule has 0 aromatic carbocycles. The van der Waals surface area contributed by atoms with Crippen LogP contribution in [0.25, 0.3) is 0 Å². The van der Waals surface area contributed by atoms with Crippen LogP contribution < -0.4 is 5.73 Å². The summed E-state index contributed by atoms with van der Waals surface area (Å²) in [5.74, 6) is 1.28. The number of rotatable bonds is 4. The van der Waals surface area contributed by atoms with Gasteiger partial charge in [-0.15, -0.1) is 0 Å². The quantitative estimate of drug-likeness (QED) is 0.769. The molecule has 0 aliphatic rings. The Hall–Kier alpha value is -1.05. The molecule has 0 amide bonds. The second-order valence-electron chi connectivity index (χ2n) is 3.41. The van der Waals surface area contributed by atoms with Crippen molar-refractivity contribution in [2.24, 2.45) is 0 Å². The maximum Gasteiger partial charge on any atom is 0.123 e. The molecule has 0 spiro atoms. The highest BCUT2D eigenvalue weighted by Gasteiger charge is 2.07. The Balaban J connectivity index is 2.78. The van der Waals surface area contributed by atoms with E-state index >= 15 is 0 Å². The molecule has 1 atom stereocenters. The van der Waals surface area contributed by atoms with E-state index in [9.17, 15) is 0 Å². The molecule has 13 heavy (non-hydrogen) atoms. The zero-order valence-corrected chi connectivity index (χ0v) is 8.46. The lowest BCUT2D eigenvalue weighted by atomic mass is 9.93. The Morgan fingerprint density at radius 1 is 1.46 bits per heavy atom. The van der Waals surface area contributed by atoms with E-state index in [2.05, 4.69) is 24.9 Å². The lowest BCUT2D eigenvalue weighted by Gasteiger charge is -2.13. The number of hydrogen-bond donors (Lipinski definition) is 1. The number of anilines is 1. The van der Waals surface area contributed by atoms with Gasteiger partial charge in [-0.2, -0.15) is 0 Å². The molecule has 0 fully saturated rings. The van der Waals surface area contributed by atoms with Gasteiger partial charge in [-0.3, -0.25) is 0 Å². The maximum absolute atomic E-state index is 5.64. The largest absolute Gasteiger partial charge is 0.384 e. The summed E-state index contributed by atoms with van der Waals surface area (Å²) in [6.45, 7) is 4.43. The summed E-state index contributed by atoms with van der Waals surface area (Å²) in [7, 11) is 0. The van der Waals surface area contributed by atoms with Crippen molar-refractivity contribution >= 4 is 5.82 Å². The van der Waals surface area contributed by atoms with Gasteiger partial charge in [-0.05, 0) is 36.5 Å². The number of hydrogen-bond acceptors (Lipinski definition) is 2. The Labute approximate surface area is 80.2 Å². The van der Waals surface area contributed by atoms with Crippen molar-refractivity contribution in [2.75, 3.05) is 5.73 Å². The number of nitrogens with two attached hydrogens (primary N) is 1. The van der Waals surface area contributed by atoms with Gasteiger partial charge in [0.2, 0.25) is 0 Å². The van der Waals surface area contributed by atoms with E-state index in [-0.39, 0.29) is 0 Å². The van der Waals surface area contributed by atoms with E-state index in [0.29, 0.717) is 11.7 Å². The number of nitrogens with zero attached hydrogens (tertiary/aromatic N) is 1. The molecule has 1 aromatic rings. The summed E-state index contributed by atoms with van der Waals surface area (Å²) in [6.07, 6.45) is 5.43. The molecule has 1 heterocycles. The smallest absolute Gasteiger partial charge is 0.123 e. The highest BCUT2D eigenvalue weighted by molar-refractivity contribution is 5.33. The van der Waals surface area contributed by atoms with E-state index in [1.165, 1.54) is 24.8 Å². The first-order valence-corrected chi connectivity index (χ1v) is 4.99. The SMILES string of the molecule is CCCC(CC)c1ccnc(N)c1. The third-order valence-electron chi connectivity index (χ3n) is 2.41. The molecular formula is C11H18N2. The van der Waals surface area contributed by atoms with Crippen LogP contribution in [0.4, 0.5) is 5.82 Å².